The van der Waals surface area contributed by atoms with Crippen LogP contribution < -0.4 is 4.90 Å². The molecule has 0 aromatic heterocycles. The molecule has 3 nitrogen and oxygen atoms in total. The Morgan fingerprint density at radius 3 is 2.50 bits per heavy atom. The molecule has 0 amide bonds. The summed E-state index contributed by atoms with van der Waals surface area (Å²) in [5.74, 6) is 0.904. The van der Waals surface area contributed by atoms with Gasteiger partial charge >= 0.3 is 0 Å². The van der Waals surface area contributed by atoms with Gasteiger partial charge in [0, 0.05) is 16.3 Å². The molecule has 0 unspecified atom stereocenters. The fourth-order valence-corrected chi connectivity index (χ4v) is 5.90. The summed E-state index contributed by atoms with van der Waals surface area (Å²) in [5, 5.41) is 0. The predicted octanol–water partition coefficient (Wildman–Crippen LogP) is 6.04. The largest absolute Gasteiger partial charge is 0.340 e. The first-order valence-electron chi connectivity index (χ1n) is 11.6. The maximum atomic E-state index is 2.68. The zero-order valence-corrected chi connectivity index (χ0v) is 19.8. The molecule has 0 radical (unpaired) electrons. The fourth-order valence-electron chi connectivity index (χ4n) is 4.83. The van der Waals surface area contributed by atoms with Crippen molar-refractivity contribution in [1.82, 2.24) is 9.80 Å². The number of likely N-dealkylation sites (tertiary alicyclic amines) is 1. The van der Waals surface area contributed by atoms with Crippen LogP contribution in [0.25, 0.3) is 0 Å². The van der Waals surface area contributed by atoms with Gasteiger partial charge in [-0.05, 0) is 115 Å². The normalized spacial score (nSPS) is 17.3. The maximum Gasteiger partial charge on any atom is 0.0555 e. The van der Waals surface area contributed by atoms with Crippen LogP contribution in [0.5, 0.6) is 0 Å². The van der Waals surface area contributed by atoms with E-state index in [4.69, 9.17) is 0 Å². The van der Waals surface area contributed by atoms with Crippen molar-refractivity contribution >= 4 is 23.1 Å². The van der Waals surface area contributed by atoms with Crippen molar-refractivity contribution < 1.29 is 0 Å². The van der Waals surface area contributed by atoms with Gasteiger partial charge in [-0.3, -0.25) is 0 Å². The molecule has 0 aliphatic carbocycles. The van der Waals surface area contributed by atoms with Crippen LogP contribution in [-0.2, 0) is 0 Å². The minimum absolute atomic E-state index is 0.904. The highest BCUT2D eigenvalue weighted by molar-refractivity contribution is 7.99. The maximum absolute atomic E-state index is 2.68. The Hall–Kier alpha value is -1.49. The predicted molar refractivity (Wildman–Crippen MR) is 130 cm³/mol. The number of fused-ring (bicyclic) bond motifs is 2. The van der Waals surface area contributed by atoms with E-state index in [2.05, 4.69) is 78.2 Å². The lowest BCUT2D eigenvalue weighted by Crippen LogP contribution is -2.35. The molecule has 1 fully saturated rings. The number of anilines is 2. The molecule has 4 heteroatoms. The van der Waals surface area contributed by atoms with Crippen LogP contribution in [-0.4, -0.2) is 56.6 Å². The number of para-hydroxylation sites is 1. The molecule has 0 N–H and O–H groups in total. The number of rotatable bonds is 8. The third kappa shape index (κ3) is 5.40. The van der Waals surface area contributed by atoms with E-state index in [-0.39, 0.29) is 0 Å². The Morgan fingerprint density at radius 2 is 1.70 bits per heavy atom. The molecule has 0 bridgehead atoms. The van der Waals surface area contributed by atoms with Crippen LogP contribution in [0.2, 0.25) is 0 Å². The smallest absolute Gasteiger partial charge is 0.0555 e. The van der Waals surface area contributed by atoms with Crippen molar-refractivity contribution in [2.24, 2.45) is 5.92 Å². The van der Waals surface area contributed by atoms with Gasteiger partial charge in [0.2, 0.25) is 0 Å². The zero-order chi connectivity index (χ0) is 20.9. The van der Waals surface area contributed by atoms with Gasteiger partial charge < -0.3 is 14.7 Å². The van der Waals surface area contributed by atoms with Gasteiger partial charge in [-0.2, -0.15) is 0 Å². The molecule has 4 rings (SSSR count). The highest BCUT2D eigenvalue weighted by atomic mass is 32.2. The molecule has 1 saturated heterocycles. The SMILES string of the molecule is Cc1ccc2c(c1)N(CCCC1CCN(CCCN(C)C)CC1)c1ccccc1S2. The first-order valence-corrected chi connectivity index (χ1v) is 12.4. The number of nitrogens with zero attached hydrogens (tertiary/aromatic N) is 3. The molecule has 2 heterocycles. The van der Waals surface area contributed by atoms with Gasteiger partial charge in [-0.1, -0.05) is 30.0 Å². The van der Waals surface area contributed by atoms with Gasteiger partial charge in [-0.15, -0.1) is 0 Å². The first kappa shape index (κ1) is 21.7. The van der Waals surface area contributed by atoms with Crippen LogP contribution in [0, 0.1) is 12.8 Å². The monoisotopic (exact) mass is 423 g/mol. The molecule has 2 aromatic rings. The van der Waals surface area contributed by atoms with Gasteiger partial charge in [-0.25, -0.2) is 0 Å². The second kappa shape index (κ2) is 10.2. The molecular formula is C26H37N3S. The average molecular weight is 424 g/mol. The van der Waals surface area contributed by atoms with Crippen molar-refractivity contribution in [3.8, 4) is 0 Å². The molecule has 0 atom stereocenters. The van der Waals surface area contributed by atoms with E-state index < -0.39 is 0 Å². The summed E-state index contributed by atoms with van der Waals surface area (Å²) in [4.78, 5) is 10.3. The molecule has 2 aliphatic heterocycles. The Morgan fingerprint density at radius 1 is 0.933 bits per heavy atom. The second-order valence-corrected chi connectivity index (χ2v) is 10.4. The molecule has 2 aliphatic rings. The Balaban J connectivity index is 1.30. The Kier molecular flexibility index (Phi) is 7.40. The standard InChI is InChI=1S/C26H37N3S/c1-21-11-12-26-24(20-21)29(23-9-4-5-10-25(23)30-26)17-6-8-22-13-18-28(19-14-22)16-7-15-27(2)3/h4-5,9-12,20,22H,6-8,13-19H2,1-3H3. The molecule has 0 spiro atoms. The van der Waals surface area contributed by atoms with Crippen LogP contribution >= 0.6 is 11.8 Å². The summed E-state index contributed by atoms with van der Waals surface area (Å²) in [6.07, 6.45) is 6.69. The number of benzene rings is 2. The summed E-state index contributed by atoms with van der Waals surface area (Å²) in [6.45, 7) is 8.39. The fraction of sp³-hybridized carbons (Fsp3) is 0.538. The lowest BCUT2D eigenvalue weighted by atomic mass is 9.92. The third-order valence-corrected chi connectivity index (χ3v) is 7.69. The highest BCUT2D eigenvalue weighted by Crippen LogP contribution is 2.48. The van der Waals surface area contributed by atoms with Crippen LogP contribution in [0.15, 0.2) is 52.3 Å². The lowest BCUT2D eigenvalue weighted by Gasteiger charge is -2.35. The summed E-state index contributed by atoms with van der Waals surface area (Å²) in [5.41, 5.74) is 4.13. The number of hydrogen-bond acceptors (Lipinski definition) is 4. The van der Waals surface area contributed by atoms with Crippen LogP contribution in [0.3, 0.4) is 0 Å². The quantitative estimate of drug-likeness (QED) is 0.512. The van der Waals surface area contributed by atoms with Crippen molar-refractivity contribution in [1.29, 1.82) is 0 Å². The van der Waals surface area contributed by atoms with Gasteiger partial charge in [0.25, 0.3) is 0 Å². The minimum Gasteiger partial charge on any atom is -0.340 e. The van der Waals surface area contributed by atoms with E-state index in [9.17, 15) is 0 Å². The second-order valence-electron chi connectivity index (χ2n) is 9.28. The molecular weight excluding hydrogens is 386 g/mol. The van der Waals surface area contributed by atoms with E-state index in [1.165, 1.54) is 85.0 Å². The topological polar surface area (TPSA) is 9.72 Å². The number of hydrogen-bond donors (Lipinski definition) is 0. The van der Waals surface area contributed by atoms with E-state index in [0.717, 1.165) is 12.5 Å². The lowest BCUT2D eigenvalue weighted by molar-refractivity contribution is 0.172. The number of piperidine rings is 1. The van der Waals surface area contributed by atoms with Crippen molar-refractivity contribution in [3.63, 3.8) is 0 Å². The molecule has 0 saturated carbocycles. The van der Waals surface area contributed by atoms with Crippen LogP contribution in [0.4, 0.5) is 11.4 Å². The van der Waals surface area contributed by atoms with Gasteiger partial charge in [0.1, 0.15) is 0 Å². The Labute approximate surface area is 187 Å². The van der Waals surface area contributed by atoms with E-state index in [1.807, 2.05) is 11.8 Å². The molecule has 162 valence electrons. The highest BCUT2D eigenvalue weighted by Gasteiger charge is 2.24. The summed E-state index contributed by atoms with van der Waals surface area (Å²) < 4.78 is 0. The average Bonchev–Trinajstić information content (AvgIpc) is 2.74. The van der Waals surface area contributed by atoms with Crippen molar-refractivity contribution in [2.75, 3.05) is 51.7 Å². The van der Waals surface area contributed by atoms with Crippen molar-refractivity contribution in [3.05, 3.63) is 48.0 Å². The summed E-state index contributed by atoms with van der Waals surface area (Å²) in [6, 6.07) is 15.8. The van der Waals surface area contributed by atoms with E-state index in [0.29, 0.717) is 0 Å². The first-order chi connectivity index (χ1) is 14.6. The Bertz CT molecular complexity index is 827. The summed E-state index contributed by atoms with van der Waals surface area (Å²) in [7, 11) is 4.34. The third-order valence-electron chi connectivity index (χ3n) is 6.56. The van der Waals surface area contributed by atoms with E-state index >= 15 is 0 Å². The van der Waals surface area contributed by atoms with E-state index in [1.54, 1.807) is 0 Å². The van der Waals surface area contributed by atoms with Crippen molar-refractivity contribution in [2.45, 2.75) is 48.8 Å². The summed E-state index contributed by atoms with van der Waals surface area (Å²) >= 11 is 1.91. The minimum atomic E-state index is 0.904. The van der Waals surface area contributed by atoms with Crippen LogP contribution in [0.1, 0.15) is 37.7 Å². The number of aryl methyl sites for hydroxylation is 1. The molecule has 2 aromatic carbocycles. The zero-order valence-electron chi connectivity index (χ0n) is 18.9. The van der Waals surface area contributed by atoms with Gasteiger partial charge in [0.15, 0.2) is 0 Å². The van der Waals surface area contributed by atoms with Gasteiger partial charge in [0.05, 0.1) is 11.4 Å². The molecule has 30 heavy (non-hydrogen) atoms.